The van der Waals surface area contributed by atoms with E-state index in [1.165, 1.54) is 23.7 Å². The van der Waals surface area contributed by atoms with Gasteiger partial charge >= 0.3 is 6.03 Å². The Kier molecular flexibility index (Phi) is 5.05. The maximum absolute atomic E-state index is 12.3. The summed E-state index contributed by atoms with van der Waals surface area (Å²) in [5, 5.41) is 3.44. The minimum Gasteiger partial charge on any atom is -0.325 e. The summed E-state index contributed by atoms with van der Waals surface area (Å²) in [6.45, 7) is 3.95. The molecule has 8 nitrogen and oxygen atoms in total. The molecule has 0 spiro atoms. The van der Waals surface area contributed by atoms with E-state index >= 15 is 0 Å². The first-order chi connectivity index (χ1) is 12.7. The Balaban J connectivity index is 1.71. The number of hydrogen-bond acceptors (Lipinski definition) is 5. The number of anilines is 1. The van der Waals surface area contributed by atoms with Crippen LogP contribution in [0.3, 0.4) is 0 Å². The van der Waals surface area contributed by atoms with Gasteiger partial charge in [-0.2, -0.15) is 0 Å². The molecule has 1 saturated heterocycles. The zero-order valence-corrected chi connectivity index (χ0v) is 16.8. The second-order valence-electron chi connectivity index (χ2n) is 6.55. The fourth-order valence-electron chi connectivity index (χ4n) is 3.05. The number of likely N-dealkylation sites (N-methyl/N-ethyl adjacent to an activating group) is 2. The third kappa shape index (κ3) is 3.34. The van der Waals surface area contributed by atoms with E-state index in [9.17, 15) is 14.4 Å². The maximum atomic E-state index is 12.3. The molecule has 0 saturated carbocycles. The molecule has 1 fully saturated rings. The van der Waals surface area contributed by atoms with Gasteiger partial charge in [-0.15, -0.1) is 4.99 Å². The van der Waals surface area contributed by atoms with Gasteiger partial charge in [0.15, 0.2) is 0 Å². The fourth-order valence-corrected chi connectivity index (χ4v) is 3.85. The van der Waals surface area contributed by atoms with E-state index in [2.05, 4.69) is 10.3 Å². The van der Waals surface area contributed by atoms with Crippen LogP contribution in [0.25, 0.3) is 0 Å². The van der Waals surface area contributed by atoms with Crippen LogP contribution in [0.1, 0.15) is 11.1 Å². The molecule has 9 heteroatoms. The Morgan fingerprint density at radius 1 is 1.26 bits per heavy atom. The standard InChI is InChI=1S/C18H21N5O3S/c1-10-7-6-8-12(11(10)2)19-13(24)9-27-17-20-14-15(21(17)3)22(4)18(26)23(5)16(14)25/h6-8,14H,9H2,1-5H3/p+1. The van der Waals surface area contributed by atoms with Gasteiger partial charge in [-0.05, 0) is 42.8 Å². The smallest absolute Gasteiger partial charge is 0.325 e. The van der Waals surface area contributed by atoms with Crippen LogP contribution in [0.5, 0.6) is 0 Å². The van der Waals surface area contributed by atoms with E-state index in [0.717, 1.165) is 21.7 Å². The van der Waals surface area contributed by atoms with Crippen molar-refractivity contribution in [1.29, 1.82) is 0 Å². The molecule has 1 unspecified atom stereocenters. The quantitative estimate of drug-likeness (QED) is 0.791. The molecule has 2 heterocycles. The number of nitrogens with one attached hydrogen (secondary N) is 1. The van der Waals surface area contributed by atoms with Crippen LogP contribution in [0.15, 0.2) is 23.2 Å². The Morgan fingerprint density at radius 2 is 1.96 bits per heavy atom. The highest BCUT2D eigenvalue weighted by molar-refractivity contribution is 8.14. The Bertz CT molecular complexity index is 908. The number of thioether (sulfide) groups is 1. The van der Waals surface area contributed by atoms with E-state index in [1.54, 1.807) is 18.7 Å². The van der Waals surface area contributed by atoms with E-state index in [-0.39, 0.29) is 17.6 Å². The number of carbonyl (C=O) groups is 3. The molecule has 1 aromatic rings. The number of amidine groups is 2. The summed E-state index contributed by atoms with van der Waals surface area (Å²) in [6.07, 6.45) is 0. The predicted molar refractivity (Wildman–Crippen MR) is 105 cm³/mol. The zero-order valence-electron chi connectivity index (χ0n) is 15.9. The number of amides is 4. The van der Waals surface area contributed by atoms with E-state index in [1.807, 2.05) is 32.0 Å². The van der Waals surface area contributed by atoms with Crippen molar-refractivity contribution in [1.82, 2.24) is 9.80 Å². The van der Waals surface area contributed by atoms with Crippen LogP contribution < -0.4 is 5.32 Å². The van der Waals surface area contributed by atoms with Gasteiger partial charge in [0, 0.05) is 12.7 Å². The SMILES string of the molecule is Cc1cccc(NC(=O)CSC2=NC3C(=O)N(C)C(=O)N(C)C3=[N+]2C)c1C. The van der Waals surface area contributed by atoms with Crippen molar-refractivity contribution >= 4 is 46.3 Å². The molecule has 1 aromatic carbocycles. The lowest BCUT2D eigenvalue weighted by atomic mass is 10.1. The Hall–Kier alpha value is -2.68. The topological polar surface area (TPSA) is 85.1 Å². The van der Waals surface area contributed by atoms with Gasteiger partial charge in [0.05, 0.1) is 19.8 Å². The van der Waals surface area contributed by atoms with Crippen LogP contribution in [-0.4, -0.2) is 76.2 Å². The van der Waals surface area contributed by atoms with Crippen molar-refractivity contribution in [3.63, 3.8) is 0 Å². The van der Waals surface area contributed by atoms with Crippen LogP contribution in [-0.2, 0) is 9.59 Å². The van der Waals surface area contributed by atoms with Crippen molar-refractivity contribution in [3.8, 4) is 0 Å². The lowest BCUT2D eigenvalue weighted by Crippen LogP contribution is -2.59. The molecule has 2 aliphatic rings. The first kappa shape index (κ1) is 19.1. The highest BCUT2D eigenvalue weighted by Crippen LogP contribution is 2.22. The van der Waals surface area contributed by atoms with E-state index in [4.69, 9.17) is 0 Å². The largest absolute Gasteiger partial charge is 0.388 e. The maximum Gasteiger partial charge on any atom is 0.388 e. The molecule has 27 heavy (non-hydrogen) atoms. The van der Waals surface area contributed by atoms with Crippen molar-refractivity contribution in [2.75, 3.05) is 32.2 Å². The third-order valence-electron chi connectivity index (χ3n) is 4.81. The summed E-state index contributed by atoms with van der Waals surface area (Å²) in [5.74, 6) is 0.145. The number of carbonyl (C=O) groups excluding carboxylic acids is 3. The van der Waals surface area contributed by atoms with Gasteiger partial charge in [-0.3, -0.25) is 14.5 Å². The fraction of sp³-hybridized carbons (Fsp3) is 0.389. The average Bonchev–Trinajstić information content (AvgIpc) is 2.97. The lowest BCUT2D eigenvalue weighted by molar-refractivity contribution is -0.367. The third-order valence-corrected chi connectivity index (χ3v) is 5.85. The summed E-state index contributed by atoms with van der Waals surface area (Å²) in [4.78, 5) is 43.7. The first-order valence-electron chi connectivity index (χ1n) is 8.45. The minimum atomic E-state index is -0.743. The second-order valence-corrected chi connectivity index (χ2v) is 7.50. The number of hydrogen-bond donors (Lipinski definition) is 1. The van der Waals surface area contributed by atoms with Crippen molar-refractivity contribution < 1.29 is 19.0 Å². The molecular weight excluding hydrogens is 366 g/mol. The van der Waals surface area contributed by atoms with E-state index in [0.29, 0.717) is 11.0 Å². The summed E-state index contributed by atoms with van der Waals surface area (Å²) < 4.78 is 1.70. The normalized spacial score (nSPS) is 19.4. The zero-order chi connectivity index (χ0) is 19.9. The molecule has 0 aliphatic carbocycles. The number of nitrogens with zero attached hydrogens (tertiary/aromatic N) is 4. The monoisotopic (exact) mass is 388 g/mol. The van der Waals surface area contributed by atoms with Crippen molar-refractivity contribution in [2.45, 2.75) is 19.9 Å². The number of aliphatic imine (C=N–C) groups is 1. The summed E-state index contributed by atoms with van der Waals surface area (Å²) >= 11 is 1.24. The van der Waals surface area contributed by atoms with Gasteiger partial charge in [-0.1, -0.05) is 12.1 Å². The van der Waals surface area contributed by atoms with Gasteiger partial charge in [0.1, 0.15) is 0 Å². The van der Waals surface area contributed by atoms with Crippen molar-refractivity contribution in [2.24, 2.45) is 4.99 Å². The molecule has 1 N–H and O–H groups in total. The summed E-state index contributed by atoms with van der Waals surface area (Å²) in [7, 11) is 4.79. The summed E-state index contributed by atoms with van der Waals surface area (Å²) in [6, 6.07) is 4.62. The van der Waals surface area contributed by atoms with Crippen molar-refractivity contribution in [3.05, 3.63) is 29.3 Å². The highest BCUT2D eigenvalue weighted by Gasteiger charge is 2.51. The van der Waals surface area contributed by atoms with E-state index < -0.39 is 12.1 Å². The van der Waals surface area contributed by atoms with Gasteiger partial charge in [-0.25, -0.2) is 14.3 Å². The molecule has 3 rings (SSSR count). The van der Waals surface area contributed by atoms with Gasteiger partial charge < -0.3 is 5.32 Å². The predicted octanol–water partition coefficient (Wildman–Crippen LogP) is 1.28. The number of fused-ring (bicyclic) bond motifs is 1. The average molecular weight is 388 g/mol. The Morgan fingerprint density at radius 3 is 2.67 bits per heavy atom. The molecular formula is C18H22N5O3S+. The summed E-state index contributed by atoms with van der Waals surface area (Å²) in [5.41, 5.74) is 2.92. The molecule has 2 aliphatic heterocycles. The minimum absolute atomic E-state index is 0.151. The van der Waals surface area contributed by atoms with Crippen LogP contribution >= 0.6 is 11.8 Å². The number of imide groups is 1. The molecule has 4 amide bonds. The number of rotatable bonds is 3. The molecule has 1 atom stereocenters. The second kappa shape index (κ2) is 7.15. The number of urea groups is 1. The van der Waals surface area contributed by atoms with Gasteiger partial charge in [0.2, 0.25) is 5.91 Å². The van der Waals surface area contributed by atoms with Crippen LogP contribution in [0.4, 0.5) is 10.5 Å². The molecule has 0 radical (unpaired) electrons. The number of benzene rings is 1. The Labute approximate surface area is 161 Å². The highest BCUT2D eigenvalue weighted by atomic mass is 32.2. The lowest BCUT2D eigenvalue weighted by Gasteiger charge is -2.27. The van der Waals surface area contributed by atoms with Crippen LogP contribution in [0.2, 0.25) is 0 Å². The van der Waals surface area contributed by atoms with Crippen LogP contribution in [0, 0.1) is 13.8 Å². The van der Waals surface area contributed by atoms with Gasteiger partial charge in [0.25, 0.3) is 23.0 Å². The molecule has 0 aromatic heterocycles. The first-order valence-corrected chi connectivity index (χ1v) is 9.43. The molecule has 142 valence electrons. The number of aryl methyl sites for hydroxylation is 1. The molecule has 0 bridgehead atoms.